The quantitative estimate of drug-likeness (QED) is 0.891. The van der Waals surface area contributed by atoms with Gasteiger partial charge in [0.2, 0.25) is 0 Å². The second-order valence-corrected chi connectivity index (χ2v) is 5.63. The standard InChI is InChI=1S/C14H23N3O/c1-3-17-14(11(18-2)8-16-17)13(15)12-9-6-4-5-7-10(9)12/h8-10,12-13H,3-7,15H2,1-2H3. The van der Waals surface area contributed by atoms with E-state index in [2.05, 4.69) is 12.0 Å². The number of nitrogens with two attached hydrogens (primary N) is 1. The average molecular weight is 249 g/mol. The molecule has 0 spiro atoms. The first-order valence-corrected chi connectivity index (χ1v) is 7.13. The van der Waals surface area contributed by atoms with E-state index in [4.69, 9.17) is 10.5 Å². The van der Waals surface area contributed by atoms with Crippen molar-refractivity contribution < 1.29 is 4.74 Å². The molecule has 1 heterocycles. The highest BCUT2D eigenvalue weighted by molar-refractivity contribution is 5.30. The van der Waals surface area contributed by atoms with E-state index in [-0.39, 0.29) is 6.04 Å². The van der Waals surface area contributed by atoms with Crippen molar-refractivity contribution >= 4 is 0 Å². The second kappa shape index (κ2) is 4.57. The Morgan fingerprint density at radius 1 is 1.44 bits per heavy atom. The molecule has 1 aromatic rings. The van der Waals surface area contributed by atoms with Crippen LogP contribution in [0.15, 0.2) is 6.20 Å². The first-order valence-electron chi connectivity index (χ1n) is 7.13. The fourth-order valence-corrected chi connectivity index (χ4v) is 3.89. The molecule has 0 bridgehead atoms. The summed E-state index contributed by atoms with van der Waals surface area (Å²) in [6.45, 7) is 2.96. The van der Waals surface area contributed by atoms with Crippen LogP contribution in [0, 0.1) is 17.8 Å². The van der Waals surface area contributed by atoms with Gasteiger partial charge in [0.1, 0.15) is 0 Å². The van der Waals surface area contributed by atoms with Crippen LogP contribution in [0.5, 0.6) is 5.75 Å². The molecule has 4 nitrogen and oxygen atoms in total. The van der Waals surface area contributed by atoms with Crippen molar-refractivity contribution in [2.75, 3.05) is 7.11 Å². The number of hydrogen-bond donors (Lipinski definition) is 1. The number of aromatic nitrogens is 2. The predicted octanol–water partition coefficient (Wildman–Crippen LogP) is 2.35. The van der Waals surface area contributed by atoms with Gasteiger partial charge in [0.25, 0.3) is 0 Å². The van der Waals surface area contributed by atoms with E-state index in [0.717, 1.165) is 29.8 Å². The van der Waals surface area contributed by atoms with Crippen LogP contribution in [0.4, 0.5) is 0 Å². The third-order valence-corrected chi connectivity index (χ3v) is 4.82. The van der Waals surface area contributed by atoms with Crippen LogP contribution in [0.1, 0.15) is 44.3 Å². The molecular formula is C14H23N3O. The van der Waals surface area contributed by atoms with E-state index in [1.165, 1.54) is 25.7 Å². The number of nitrogens with zero attached hydrogens (tertiary/aromatic N) is 2. The molecule has 2 aliphatic carbocycles. The molecule has 2 fully saturated rings. The van der Waals surface area contributed by atoms with Gasteiger partial charge in [0.05, 0.1) is 25.0 Å². The molecule has 4 heteroatoms. The van der Waals surface area contributed by atoms with Gasteiger partial charge in [-0.3, -0.25) is 4.68 Å². The van der Waals surface area contributed by atoms with Crippen LogP contribution < -0.4 is 10.5 Å². The van der Waals surface area contributed by atoms with Gasteiger partial charge in [0.15, 0.2) is 5.75 Å². The molecule has 0 aliphatic heterocycles. The minimum absolute atomic E-state index is 0.0931. The number of aryl methyl sites for hydroxylation is 1. The lowest BCUT2D eigenvalue weighted by Gasteiger charge is -2.15. The average Bonchev–Trinajstić information content (AvgIpc) is 2.98. The van der Waals surface area contributed by atoms with Crippen molar-refractivity contribution in [3.05, 3.63) is 11.9 Å². The van der Waals surface area contributed by atoms with Crippen LogP contribution in [-0.4, -0.2) is 16.9 Å². The molecule has 2 aliphatic rings. The van der Waals surface area contributed by atoms with Gasteiger partial charge in [-0.05, 0) is 37.5 Å². The van der Waals surface area contributed by atoms with E-state index in [0.29, 0.717) is 5.92 Å². The Hall–Kier alpha value is -1.03. The first-order chi connectivity index (χ1) is 8.77. The summed E-state index contributed by atoms with van der Waals surface area (Å²) in [5.41, 5.74) is 7.61. The molecule has 3 rings (SSSR count). The van der Waals surface area contributed by atoms with Crippen molar-refractivity contribution in [2.45, 2.75) is 45.2 Å². The third kappa shape index (κ3) is 1.74. The highest BCUT2D eigenvalue weighted by Crippen LogP contribution is 2.60. The lowest BCUT2D eigenvalue weighted by atomic mass is 10.0. The highest BCUT2D eigenvalue weighted by atomic mass is 16.5. The van der Waals surface area contributed by atoms with Crippen LogP contribution >= 0.6 is 0 Å². The molecule has 0 aromatic carbocycles. The maximum Gasteiger partial charge on any atom is 0.161 e. The summed E-state index contributed by atoms with van der Waals surface area (Å²) in [6, 6.07) is 0.0931. The molecular weight excluding hydrogens is 226 g/mol. The zero-order chi connectivity index (χ0) is 12.7. The summed E-state index contributed by atoms with van der Waals surface area (Å²) in [5.74, 6) is 3.23. The van der Waals surface area contributed by atoms with Crippen molar-refractivity contribution in [3.63, 3.8) is 0 Å². The van der Waals surface area contributed by atoms with Crippen LogP contribution in [-0.2, 0) is 6.54 Å². The van der Waals surface area contributed by atoms with Gasteiger partial charge < -0.3 is 10.5 Å². The fourth-order valence-electron chi connectivity index (χ4n) is 3.89. The number of hydrogen-bond acceptors (Lipinski definition) is 3. The van der Waals surface area contributed by atoms with Crippen molar-refractivity contribution in [1.82, 2.24) is 9.78 Å². The molecule has 0 radical (unpaired) electrons. The molecule has 0 saturated heterocycles. The Morgan fingerprint density at radius 2 is 2.11 bits per heavy atom. The van der Waals surface area contributed by atoms with Gasteiger partial charge >= 0.3 is 0 Å². The van der Waals surface area contributed by atoms with E-state index >= 15 is 0 Å². The number of fused-ring (bicyclic) bond motifs is 1. The van der Waals surface area contributed by atoms with E-state index in [9.17, 15) is 0 Å². The Bertz CT molecular complexity index is 395. The zero-order valence-electron chi connectivity index (χ0n) is 11.3. The summed E-state index contributed by atoms with van der Waals surface area (Å²) in [5, 5.41) is 4.37. The SMILES string of the molecule is CCn1ncc(OC)c1C(N)C1C2CCCCC21. The molecule has 1 aromatic heterocycles. The topological polar surface area (TPSA) is 53.1 Å². The largest absolute Gasteiger partial charge is 0.493 e. The molecule has 2 N–H and O–H groups in total. The summed E-state index contributed by atoms with van der Waals surface area (Å²) in [4.78, 5) is 0. The predicted molar refractivity (Wildman–Crippen MR) is 70.3 cm³/mol. The number of methoxy groups -OCH3 is 1. The molecule has 3 unspecified atom stereocenters. The molecule has 3 atom stereocenters. The molecule has 2 saturated carbocycles. The minimum Gasteiger partial charge on any atom is -0.493 e. The third-order valence-electron chi connectivity index (χ3n) is 4.82. The first kappa shape index (κ1) is 12.0. The van der Waals surface area contributed by atoms with Gasteiger partial charge in [-0.1, -0.05) is 12.8 Å². The monoisotopic (exact) mass is 249 g/mol. The molecule has 0 amide bonds. The van der Waals surface area contributed by atoms with E-state index < -0.39 is 0 Å². The van der Waals surface area contributed by atoms with E-state index in [1.807, 2.05) is 4.68 Å². The summed E-state index contributed by atoms with van der Waals surface area (Å²) < 4.78 is 7.41. The Balaban J connectivity index is 1.84. The van der Waals surface area contributed by atoms with Crippen molar-refractivity contribution in [1.29, 1.82) is 0 Å². The van der Waals surface area contributed by atoms with Crippen molar-refractivity contribution in [3.8, 4) is 5.75 Å². The molecule has 18 heavy (non-hydrogen) atoms. The van der Waals surface area contributed by atoms with E-state index in [1.54, 1.807) is 13.3 Å². The lowest BCUT2D eigenvalue weighted by molar-refractivity contribution is 0.393. The fraction of sp³-hybridized carbons (Fsp3) is 0.786. The Labute approximate surface area is 108 Å². The second-order valence-electron chi connectivity index (χ2n) is 5.63. The lowest BCUT2D eigenvalue weighted by Crippen LogP contribution is -2.20. The Kier molecular flexibility index (Phi) is 3.06. The summed E-state index contributed by atoms with van der Waals surface area (Å²) in [7, 11) is 1.70. The van der Waals surface area contributed by atoms with Gasteiger partial charge in [-0.15, -0.1) is 0 Å². The normalized spacial score (nSPS) is 31.8. The van der Waals surface area contributed by atoms with Gasteiger partial charge in [-0.25, -0.2) is 0 Å². The Morgan fingerprint density at radius 3 is 2.67 bits per heavy atom. The van der Waals surface area contributed by atoms with Crippen LogP contribution in [0.2, 0.25) is 0 Å². The van der Waals surface area contributed by atoms with Crippen molar-refractivity contribution in [2.24, 2.45) is 23.5 Å². The summed E-state index contributed by atoms with van der Waals surface area (Å²) >= 11 is 0. The van der Waals surface area contributed by atoms with Crippen LogP contribution in [0.25, 0.3) is 0 Å². The zero-order valence-corrected chi connectivity index (χ0v) is 11.3. The number of ether oxygens (including phenoxy) is 1. The smallest absolute Gasteiger partial charge is 0.161 e. The maximum absolute atomic E-state index is 6.52. The van der Waals surface area contributed by atoms with Gasteiger partial charge in [0, 0.05) is 6.54 Å². The highest BCUT2D eigenvalue weighted by Gasteiger charge is 2.54. The van der Waals surface area contributed by atoms with Crippen LogP contribution in [0.3, 0.4) is 0 Å². The minimum atomic E-state index is 0.0931. The van der Waals surface area contributed by atoms with Gasteiger partial charge in [-0.2, -0.15) is 5.10 Å². The maximum atomic E-state index is 6.52. The summed E-state index contributed by atoms with van der Waals surface area (Å²) in [6.07, 6.45) is 7.30. The number of rotatable bonds is 4. The molecule has 100 valence electrons.